The number of anilines is 3. The zero-order chi connectivity index (χ0) is 19.3. The Morgan fingerprint density at radius 2 is 1.74 bits per heavy atom. The SMILES string of the molecule is CCCS(=O)(=O)Nc1ccc(N2CCN(c3ccccc3OC)CC2)nn1. The van der Waals surface area contributed by atoms with E-state index in [9.17, 15) is 8.42 Å². The van der Waals surface area contributed by atoms with Gasteiger partial charge in [0.25, 0.3) is 0 Å². The molecule has 0 aliphatic carbocycles. The first-order valence-corrected chi connectivity index (χ1v) is 10.6. The van der Waals surface area contributed by atoms with Gasteiger partial charge >= 0.3 is 0 Å². The highest BCUT2D eigenvalue weighted by Gasteiger charge is 2.21. The molecule has 0 bridgehead atoms. The molecule has 0 radical (unpaired) electrons. The number of sulfonamides is 1. The van der Waals surface area contributed by atoms with Gasteiger partial charge in [0.15, 0.2) is 11.6 Å². The van der Waals surface area contributed by atoms with Crippen LogP contribution >= 0.6 is 0 Å². The van der Waals surface area contributed by atoms with E-state index in [0.717, 1.165) is 43.4 Å². The van der Waals surface area contributed by atoms with Gasteiger partial charge in [-0.2, -0.15) is 0 Å². The second kappa shape index (κ2) is 8.43. The number of aromatic nitrogens is 2. The molecule has 2 heterocycles. The number of nitrogens with one attached hydrogen (secondary N) is 1. The highest BCUT2D eigenvalue weighted by Crippen LogP contribution is 2.28. The first-order chi connectivity index (χ1) is 13.0. The lowest BCUT2D eigenvalue weighted by atomic mass is 10.2. The van der Waals surface area contributed by atoms with Gasteiger partial charge in [-0.15, -0.1) is 10.2 Å². The summed E-state index contributed by atoms with van der Waals surface area (Å²) in [6, 6.07) is 11.5. The van der Waals surface area contributed by atoms with E-state index >= 15 is 0 Å². The van der Waals surface area contributed by atoms with Crippen LogP contribution in [0.5, 0.6) is 5.75 Å². The quantitative estimate of drug-likeness (QED) is 0.772. The van der Waals surface area contributed by atoms with E-state index in [1.54, 1.807) is 19.2 Å². The van der Waals surface area contributed by atoms with Gasteiger partial charge < -0.3 is 14.5 Å². The molecule has 1 aliphatic heterocycles. The third-order valence-corrected chi connectivity index (χ3v) is 5.88. The van der Waals surface area contributed by atoms with Crippen LogP contribution in [0.4, 0.5) is 17.3 Å². The summed E-state index contributed by atoms with van der Waals surface area (Å²) in [7, 11) is -1.67. The van der Waals surface area contributed by atoms with Crippen molar-refractivity contribution >= 4 is 27.3 Å². The van der Waals surface area contributed by atoms with Crippen molar-refractivity contribution in [3.8, 4) is 5.75 Å². The first kappa shape index (κ1) is 19.2. The molecule has 0 saturated carbocycles. The van der Waals surface area contributed by atoms with E-state index < -0.39 is 10.0 Å². The third kappa shape index (κ3) is 4.79. The largest absolute Gasteiger partial charge is 0.495 e. The van der Waals surface area contributed by atoms with Crippen molar-refractivity contribution in [3.63, 3.8) is 0 Å². The Labute approximate surface area is 160 Å². The molecule has 1 saturated heterocycles. The van der Waals surface area contributed by atoms with E-state index in [4.69, 9.17) is 4.74 Å². The maximum absolute atomic E-state index is 11.8. The standard InChI is InChI=1S/C18H25N5O3S/c1-3-14-27(24,25)21-17-8-9-18(20-19-17)23-12-10-22(11-13-23)15-6-4-5-7-16(15)26-2/h4-9H,3,10-14H2,1-2H3,(H,19,21). The fourth-order valence-electron chi connectivity index (χ4n) is 3.09. The average molecular weight is 391 g/mol. The molecule has 146 valence electrons. The number of nitrogens with zero attached hydrogens (tertiary/aromatic N) is 4. The molecule has 0 unspecified atom stereocenters. The van der Waals surface area contributed by atoms with Crippen molar-refractivity contribution in [2.24, 2.45) is 0 Å². The van der Waals surface area contributed by atoms with Gasteiger partial charge in [-0.1, -0.05) is 19.1 Å². The monoisotopic (exact) mass is 391 g/mol. The molecule has 3 rings (SSSR count). The van der Waals surface area contributed by atoms with E-state index in [-0.39, 0.29) is 11.6 Å². The van der Waals surface area contributed by atoms with E-state index in [1.165, 1.54) is 0 Å². The maximum Gasteiger partial charge on any atom is 0.233 e. The molecule has 8 nitrogen and oxygen atoms in total. The number of methoxy groups -OCH3 is 1. The summed E-state index contributed by atoms with van der Waals surface area (Å²) in [6.45, 7) is 5.10. The summed E-state index contributed by atoms with van der Waals surface area (Å²) in [5.41, 5.74) is 1.09. The summed E-state index contributed by atoms with van der Waals surface area (Å²) < 4.78 is 31.5. The fourth-order valence-corrected chi connectivity index (χ4v) is 4.16. The van der Waals surface area contributed by atoms with Crippen LogP contribution < -0.4 is 19.3 Å². The van der Waals surface area contributed by atoms with Gasteiger partial charge in [0.1, 0.15) is 5.75 Å². The van der Waals surface area contributed by atoms with Crippen molar-refractivity contribution in [1.82, 2.24) is 10.2 Å². The minimum atomic E-state index is -3.35. The van der Waals surface area contributed by atoms with Crippen molar-refractivity contribution < 1.29 is 13.2 Å². The van der Waals surface area contributed by atoms with E-state index in [0.29, 0.717) is 6.42 Å². The number of hydrogen-bond acceptors (Lipinski definition) is 7. The van der Waals surface area contributed by atoms with Gasteiger partial charge in [0.2, 0.25) is 10.0 Å². The summed E-state index contributed by atoms with van der Waals surface area (Å²) in [5.74, 6) is 1.93. The summed E-state index contributed by atoms with van der Waals surface area (Å²) in [4.78, 5) is 4.43. The van der Waals surface area contributed by atoms with Crippen molar-refractivity contribution in [3.05, 3.63) is 36.4 Å². The van der Waals surface area contributed by atoms with Gasteiger partial charge in [0.05, 0.1) is 18.6 Å². The topological polar surface area (TPSA) is 87.7 Å². The number of para-hydroxylation sites is 2. The Balaban J connectivity index is 1.61. The predicted molar refractivity (Wildman–Crippen MR) is 107 cm³/mol. The zero-order valence-electron chi connectivity index (χ0n) is 15.6. The predicted octanol–water partition coefficient (Wildman–Crippen LogP) is 1.96. The van der Waals surface area contributed by atoms with Crippen LogP contribution in [0.3, 0.4) is 0 Å². The van der Waals surface area contributed by atoms with Crippen LogP contribution in [0.25, 0.3) is 0 Å². The van der Waals surface area contributed by atoms with E-state index in [2.05, 4.69) is 30.8 Å². The number of benzene rings is 1. The van der Waals surface area contributed by atoms with Crippen LogP contribution in [-0.2, 0) is 10.0 Å². The number of rotatable bonds is 7. The number of hydrogen-bond donors (Lipinski definition) is 1. The second-order valence-electron chi connectivity index (χ2n) is 6.34. The lowest BCUT2D eigenvalue weighted by molar-refractivity contribution is 0.413. The lowest BCUT2D eigenvalue weighted by Crippen LogP contribution is -2.47. The molecule has 1 aromatic carbocycles. The van der Waals surface area contributed by atoms with Crippen LogP contribution in [0.1, 0.15) is 13.3 Å². The molecule has 0 atom stereocenters. The molecule has 1 fully saturated rings. The molecule has 1 aromatic heterocycles. The third-order valence-electron chi connectivity index (χ3n) is 4.41. The van der Waals surface area contributed by atoms with Crippen LogP contribution in [0, 0.1) is 0 Å². The molecular formula is C18H25N5O3S. The Kier molecular flexibility index (Phi) is 6.00. The number of ether oxygens (including phenoxy) is 1. The molecule has 2 aromatic rings. The average Bonchev–Trinajstić information content (AvgIpc) is 2.68. The van der Waals surface area contributed by atoms with E-state index in [1.807, 2.05) is 25.1 Å². The molecule has 1 N–H and O–H groups in total. The number of piperazine rings is 1. The Bertz CT molecular complexity index is 850. The van der Waals surface area contributed by atoms with Gasteiger partial charge in [0, 0.05) is 26.2 Å². The molecule has 0 amide bonds. The molecular weight excluding hydrogens is 366 g/mol. The lowest BCUT2D eigenvalue weighted by Gasteiger charge is -2.37. The summed E-state index contributed by atoms with van der Waals surface area (Å²) in [5, 5.41) is 8.19. The van der Waals surface area contributed by atoms with Crippen molar-refractivity contribution in [2.75, 3.05) is 53.6 Å². The fraction of sp³-hybridized carbons (Fsp3) is 0.444. The molecule has 27 heavy (non-hydrogen) atoms. The van der Waals surface area contributed by atoms with Gasteiger partial charge in [-0.25, -0.2) is 8.42 Å². The Morgan fingerprint density at radius 1 is 1.04 bits per heavy atom. The van der Waals surface area contributed by atoms with Gasteiger partial charge in [-0.3, -0.25) is 4.72 Å². The summed E-state index contributed by atoms with van der Waals surface area (Å²) in [6.07, 6.45) is 0.553. The van der Waals surface area contributed by atoms with Gasteiger partial charge in [-0.05, 0) is 30.7 Å². The molecule has 9 heteroatoms. The minimum absolute atomic E-state index is 0.0708. The van der Waals surface area contributed by atoms with Crippen LogP contribution in [-0.4, -0.2) is 57.7 Å². The van der Waals surface area contributed by atoms with Crippen molar-refractivity contribution in [1.29, 1.82) is 0 Å². The summed E-state index contributed by atoms with van der Waals surface area (Å²) >= 11 is 0. The molecule has 1 aliphatic rings. The minimum Gasteiger partial charge on any atom is -0.495 e. The van der Waals surface area contributed by atoms with Crippen LogP contribution in [0.15, 0.2) is 36.4 Å². The van der Waals surface area contributed by atoms with Crippen molar-refractivity contribution in [2.45, 2.75) is 13.3 Å². The highest BCUT2D eigenvalue weighted by molar-refractivity contribution is 7.92. The second-order valence-corrected chi connectivity index (χ2v) is 8.19. The Hall–Kier alpha value is -2.55. The Morgan fingerprint density at radius 3 is 2.37 bits per heavy atom. The maximum atomic E-state index is 11.8. The molecule has 0 spiro atoms. The normalized spacial score (nSPS) is 14.9. The smallest absolute Gasteiger partial charge is 0.233 e. The van der Waals surface area contributed by atoms with Crippen LogP contribution in [0.2, 0.25) is 0 Å². The first-order valence-electron chi connectivity index (χ1n) is 8.99. The highest BCUT2D eigenvalue weighted by atomic mass is 32.2. The zero-order valence-corrected chi connectivity index (χ0v) is 16.4.